The molecule has 13 nitrogen and oxygen atoms in total. The number of aliphatic hydroxyl groups is 2. The van der Waals surface area contributed by atoms with Gasteiger partial charge in [-0.15, -0.1) is 0 Å². The largest absolute Gasteiger partial charge is 0.480 e. The number of H-pyrrole nitrogens is 1. The number of aromatic amines is 1. The van der Waals surface area contributed by atoms with Crippen molar-refractivity contribution in [1.29, 1.82) is 0 Å². The Labute approximate surface area is 184 Å². The van der Waals surface area contributed by atoms with E-state index in [4.69, 9.17) is 0 Å². The lowest BCUT2D eigenvalue weighted by molar-refractivity contribution is -0.143. The van der Waals surface area contributed by atoms with Crippen LogP contribution < -0.4 is 21.3 Å². The zero-order valence-corrected chi connectivity index (χ0v) is 17.9. The number of aromatic nitrogens is 2. The van der Waals surface area contributed by atoms with Crippen LogP contribution in [0, 0.1) is 0 Å². The second-order valence-electron chi connectivity index (χ2n) is 7.78. The number of carbonyl (C=O) groups is 4. The van der Waals surface area contributed by atoms with E-state index in [-0.39, 0.29) is 6.42 Å². The molecule has 1 aliphatic heterocycles. The van der Waals surface area contributed by atoms with E-state index in [1.54, 1.807) is 0 Å². The van der Waals surface area contributed by atoms with Crippen molar-refractivity contribution in [3.8, 4) is 0 Å². The van der Waals surface area contributed by atoms with Gasteiger partial charge in [0, 0.05) is 18.3 Å². The van der Waals surface area contributed by atoms with Crippen molar-refractivity contribution in [3.05, 3.63) is 18.2 Å². The summed E-state index contributed by atoms with van der Waals surface area (Å²) in [5, 5.41) is 39.4. The Balaban J connectivity index is 2.05. The van der Waals surface area contributed by atoms with Gasteiger partial charge in [0.05, 0.1) is 24.6 Å². The Morgan fingerprint density at radius 2 is 1.72 bits per heavy atom. The third-order valence-electron chi connectivity index (χ3n) is 5.10. The fourth-order valence-electron chi connectivity index (χ4n) is 3.29. The fraction of sp³-hybridized carbons (Fsp3) is 0.632. The maximum Gasteiger partial charge on any atom is 0.326 e. The first kappa shape index (κ1) is 25.2. The number of nitrogens with one attached hydrogen (secondary N) is 5. The zero-order valence-electron chi connectivity index (χ0n) is 17.9. The number of rotatable bonds is 11. The molecule has 0 radical (unpaired) electrons. The number of carbonyl (C=O) groups excluding carboxylic acids is 3. The van der Waals surface area contributed by atoms with Gasteiger partial charge in [0.25, 0.3) is 0 Å². The highest BCUT2D eigenvalue weighted by atomic mass is 16.4. The molecule has 2 rings (SSSR count). The third-order valence-corrected chi connectivity index (χ3v) is 5.10. The summed E-state index contributed by atoms with van der Waals surface area (Å²) in [6, 6.07) is -4.73. The number of amides is 3. The predicted octanol–water partition coefficient (Wildman–Crippen LogP) is -3.00. The van der Waals surface area contributed by atoms with Crippen LogP contribution in [0.3, 0.4) is 0 Å². The van der Waals surface area contributed by atoms with E-state index in [0.717, 1.165) is 6.42 Å². The lowest BCUT2D eigenvalue weighted by Gasteiger charge is -2.27. The number of hydrogen-bond donors (Lipinski definition) is 8. The van der Waals surface area contributed by atoms with Gasteiger partial charge in [0.2, 0.25) is 17.7 Å². The van der Waals surface area contributed by atoms with Crippen LogP contribution in [-0.2, 0) is 25.6 Å². The molecule has 1 aromatic rings. The zero-order chi connectivity index (χ0) is 23.8. The summed E-state index contributed by atoms with van der Waals surface area (Å²) in [6.45, 7) is 3.21. The molecule has 6 atom stereocenters. The molecule has 1 fully saturated rings. The fourth-order valence-corrected chi connectivity index (χ4v) is 3.29. The second-order valence-corrected chi connectivity index (χ2v) is 7.78. The van der Waals surface area contributed by atoms with E-state index in [0.29, 0.717) is 18.7 Å². The number of hydrogen-bond acceptors (Lipinski definition) is 8. The molecule has 1 saturated heterocycles. The van der Waals surface area contributed by atoms with Gasteiger partial charge >= 0.3 is 5.97 Å². The molecule has 0 bridgehead atoms. The van der Waals surface area contributed by atoms with Gasteiger partial charge in [0.1, 0.15) is 18.1 Å². The van der Waals surface area contributed by atoms with Crippen molar-refractivity contribution < 1.29 is 34.5 Å². The van der Waals surface area contributed by atoms with E-state index < -0.39 is 60.1 Å². The normalized spacial score (nSPS) is 20.4. The van der Waals surface area contributed by atoms with Gasteiger partial charge in [-0.3, -0.25) is 14.4 Å². The third kappa shape index (κ3) is 7.00. The van der Waals surface area contributed by atoms with Crippen LogP contribution in [0.5, 0.6) is 0 Å². The summed E-state index contributed by atoms with van der Waals surface area (Å²) < 4.78 is 0. The van der Waals surface area contributed by atoms with Crippen LogP contribution in [0.1, 0.15) is 32.4 Å². The van der Waals surface area contributed by atoms with Crippen LogP contribution in [0.15, 0.2) is 12.5 Å². The van der Waals surface area contributed by atoms with Crippen molar-refractivity contribution in [2.75, 3.05) is 6.54 Å². The molecule has 0 spiro atoms. The van der Waals surface area contributed by atoms with Crippen LogP contribution in [0.25, 0.3) is 0 Å². The molecule has 1 aliphatic rings. The molecule has 0 aromatic carbocycles. The molecule has 0 saturated carbocycles. The van der Waals surface area contributed by atoms with E-state index in [1.165, 1.54) is 26.4 Å². The molecule has 2 heterocycles. The molecule has 1 aromatic heterocycles. The molecule has 8 N–H and O–H groups in total. The van der Waals surface area contributed by atoms with Crippen LogP contribution in [0.4, 0.5) is 0 Å². The lowest BCUT2D eigenvalue weighted by atomic mass is 10.1. The van der Waals surface area contributed by atoms with Crippen LogP contribution >= 0.6 is 0 Å². The van der Waals surface area contributed by atoms with Gasteiger partial charge in [-0.1, -0.05) is 0 Å². The number of imidazole rings is 1. The molecule has 13 heteroatoms. The van der Waals surface area contributed by atoms with Gasteiger partial charge < -0.3 is 41.6 Å². The second kappa shape index (κ2) is 11.5. The van der Waals surface area contributed by atoms with E-state index in [1.807, 2.05) is 0 Å². The summed E-state index contributed by atoms with van der Waals surface area (Å²) in [6.07, 6.45) is 1.39. The highest BCUT2D eigenvalue weighted by Gasteiger charge is 2.35. The highest BCUT2D eigenvalue weighted by molar-refractivity contribution is 5.94. The summed E-state index contributed by atoms with van der Waals surface area (Å²) in [5.74, 6) is -3.62. The molecule has 0 aliphatic carbocycles. The number of aliphatic hydroxyl groups excluding tert-OH is 2. The van der Waals surface area contributed by atoms with E-state index in [9.17, 15) is 34.5 Å². The first-order chi connectivity index (χ1) is 15.1. The minimum absolute atomic E-state index is 0.0949. The monoisotopic (exact) mass is 454 g/mol. The Bertz CT molecular complexity index is 792. The standard InChI is InChI=1S/C19H30N6O7/c1-9(26)14(17(29)23-13(19(31)32)6-11-7-20-8-22-11)25-18(30)15(10(2)27)24-16(28)12-4-3-5-21-12/h7-10,12-15,21,26-27H,3-6H2,1-2H3,(H,20,22)(H,23,29)(H,24,28)(H,25,30)(H,31,32). The summed E-state index contributed by atoms with van der Waals surface area (Å²) in [4.78, 5) is 55.7. The molecular formula is C19H30N6O7. The van der Waals surface area contributed by atoms with Gasteiger partial charge in [-0.25, -0.2) is 9.78 Å². The minimum Gasteiger partial charge on any atom is -0.480 e. The summed E-state index contributed by atoms with van der Waals surface area (Å²) >= 11 is 0. The first-order valence-corrected chi connectivity index (χ1v) is 10.3. The Kier molecular flexibility index (Phi) is 9.11. The van der Waals surface area contributed by atoms with Crippen LogP contribution in [0.2, 0.25) is 0 Å². The van der Waals surface area contributed by atoms with Crippen molar-refractivity contribution in [2.45, 2.75) is 69.5 Å². The van der Waals surface area contributed by atoms with Gasteiger partial charge in [-0.2, -0.15) is 0 Å². The number of nitrogens with zero attached hydrogens (tertiary/aromatic N) is 1. The van der Waals surface area contributed by atoms with E-state index >= 15 is 0 Å². The SMILES string of the molecule is CC(O)C(NC(=O)C1CCCN1)C(=O)NC(C(=O)NC(Cc1cnc[nH]1)C(=O)O)C(C)O. The predicted molar refractivity (Wildman–Crippen MR) is 110 cm³/mol. The minimum atomic E-state index is -1.52. The lowest BCUT2D eigenvalue weighted by Crippen LogP contribution is -2.61. The average Bonchev–Trinajstić information content (AvgIpc) is 3.42. The Morgan fingerprint density at radius 1 is 1.09 bits per heavy atom. The molecule has 3 amide bonds. The molecule has 6 unspecified atom stereocenters. The van der Waals surface area contributed by atoms with Crippen molar-refractivity contribution >= 4 is 23.7 Å². The number of carboxylic acid groups (broad SMARTS) is 1. The maximum absolute atomic E-state index is 12.7. The van der Waals surface area contributed by atoms with Crippen LogP contribution in [-0.4, -0.2) is 91.9 Å². The highest BCUT2D eigenvalue weighted by Crippen LogP contribution is 2.07. The molecule has 32 heavy (non-hydrogen) atoms. The number of carboxylic acids is 1. The maximum atomic E-state index is 12.7. The van der Waals surface area contributed by atoms with Crippen molar-refractivity contribution in [2.24, 2.45) is 0 Å². The topological polar surface area (TPSA) is 206 Å². The average molecular weight is 454 g/mol. The van der Waals surface area contributed by atoms with Gasteiger partial charge in [-0.05, 0) is 33.2 Å². The summed E-state index contributed by atoms with van der Waals surface area (Å²) in [5.41, 5.74) is 0.465. The molecule has 178 valence electrons. The quantitative estimate of drug-likeness (QED) is 0.171. The number of aliphatic carboxylic acids is 1. The summed E-state index contributed by atoms with van der Waals surface area (Å²) in [7, 11) is 0. The molecular weight excluding hydrogens is 424 g/mol. The van der Waals surface area contributed by atoms with Gasteiger partial charge in [0.15, 0.2) is 0 Å². The first-order valence-electron chi connectivity index (χ1n) is 10.3. The smallest absolute Gasteiger partial charge is 0.326 e. The van der Waals surface area contributed by atoms with E-state index in [2.05, 4.69) is 31.2 Å². The Morgan fingerprint density at radius 3 is 2.22 bits per heavy atom. The Hall–Kier alpha value is -3.03. The van der Waals surface area contributed by atoms with Crippen molar-refractivity contribution in [1.82, 2.24) is 31.2 Å². The van der Waals surface area contributed by atoms with Crippen molar-refractivity contribution in [3.63, 3.8) is 0 Å².